The Labute approximate surface area is 121 Å². The molecule has 2 heterocycles. The maximum atomic E-state index is 4.46. The molecule has 0 amide bonds. The van der Waals surface area contributed by atoms with Crippen LogP contribution in [0.3, 0.4) is 0 Å². The van der Waals surface area contributed by atoms with Crippen molar-refractivity contribution in [2.45, 2.75) is 12.8 Å². The Morgan fingerprint density at radius 1 is 1.39 bits per heavy atom. The van der Waals surface area contributed by atoms with Gasteiger partial charge in [0.2, 0.25) is 0 Å². The monoisotopic (exact) mass is 371 g/mol. The Morgan fingerprint density at radius 3 is 2.89 bits per heavy atom. The second-order valence-corrected chi connectivity index (χ2v) is 7.46. The minimum Gasteiger partial charge on any atom is -0.316 e. The Hall–Kier alpha value is -0.190. The minimum atomic E-state index is 0.681. The molecule has 4 rings (SSSR count). The van der Waals surface area contributed by atoms with Crippen molar-refractivity contribution in [3.05, 3.63) is 29.5 Å². The van der Waals surface area contributed by atoms with Crippen molar-refractivity contribution >= 4 is 39.3 Å². The number of hydrogen-bond acceptors (Lipinski definition) is 2. The van der Waals surface area contributed by atoms with E-state index >= 15 is 0 Å². The van der Waals surface area contributed by atoms with Crippen LogP contribution in [-0.4, -0.2) is 22.6 Å². The van der Waals surface area contributed by atoms with Gasteiger partial charge in [0, 0.05) is 5.39 Å². The molecule has 3 nitrogen and oxygen atoms in total. The summed E-state index contributed by atoms with van der Waals surface area (Å²) in [4.78, 5) is 0. The zero-order valence-corrected chi connectivity index (χ0v) is 13.3. The van der Waals surface area contributed by atoms with Gasteiger partial charge in [-0.25, -0.2) is 4.45 Å². The van der Waals surface area contributed by atoms with Gasteiger partial charge in [-0.2, -0.15) is 5.10 Å². The molecule has 3 unspecified atom stereocenters. The molecular formula is C13H15IN3P. The summed E-state index contributed by atoms with van der Waals surface area (Å²) in [6.45, 7) is 4.67. The number of benzene rings is 1. The maximum Gasteiger partial charge on any atom is 0.0732 e. The van der Waals surface area contributed by atoms with Crippen LogP contribution in [0.15, 0.2) is 18.3 Å². The molecule has 2 aromatic rings. The SMILES string of the molecule is Cc1cc2cnn(PI)c2cc1C1C2CNCC21. The van der Waals surface area contributed by atoms with Gasteiger partial charge in [0.25, 0.3) is 0 Å². The number of halogens is 1. The molecule has 2 fully saturated rings. The zero-order chi connectivity index (χ0) is 12.3. The molecule has 3 atom stereocenters. The predicted molar refractivity (Wildman–Crippen MR) is 84.8 cm³/mol. The Balaban J connectivity index is 1.82. The number of piperidine rings is 1. The van der Waals surface area contributed by atoms with Crippen LogP contribution in [0.4, 0.5) is 0 Å². The first kappa shape index (κ1) is 11.6. The third kappa shape index (κ3) is 1.58. The number of aryl methyl sites for hydroxylation is 1. The number of nitrogens with one attached hydrogen (secondary N) is 1. The third-order valence-corrected chi connectivity index (χ3v) is 6.37. The van der Waals surface area contributed by atoms with E-state index in [0.717, 1.165) is 17.8 Å². The van der Waals surface area contributed by atoms with Crippen molar-refractivity contribution < 1.29 is 0 Å². The summed E-state index contributed by atoms with van der Waals surface area (Å²) in [5.74, 6) is 2.58. The van der Waals surface area contributed by atoms with E-state index in [9.17, 15) is 0 Å². The molecule has 0 bridgehead atoms. The number of hydrogen-bond donors (Lipinski definition) is 1. The van der Waals surface area contributed by atoms with Crippen LogP contribution in [0.2, 0.25) is 0 Å². The molecule has 1 aromatic carbocycles. The molecule has 0 radical (unpaired) electrons. The lowest BCUT2D eigenvalue weighted by Crippen LogP contribution is -2.14. The van der Waals surface area contributed by atoms with Gasteiger partial charge >= 0.3 is 0 Å². The summed E-state index contributed by atoms with van der Waals surface area (Å²) in [5, 5.41) is 9.22. The number of fused-ring (bicyclic) bond motifs is 2. The maximum absolute atomic E-state index is 4.46. The fraction of sp³-hybridized carbons (Fsp3) is 0.462. The van der Waals surface area contributed by atoms with Gasteiger partial charge < -0.3 is 5.32 Å². The number of aromatic nitrogens is 2. The highest BCUT2D eigenvalue weighted by molar-refractivity contribution is 14.2. The second-order valence-electron chi connectivity index (χ2n) is 5.42. The van der Waals surface area contributed by atoms with Crippen molar-refractivity contribution in [2.24, 2.45) is 11.8 Å². The lowest BCUT2D eigenvalue weighted by molar-refractivity contribution is 0.683. The molecular weight excluding hydrogens is 356 g/mol. The van der Waals surface area contributed by atoms with E-state index in [-0.39, 0.29) is 0 Å². The van der Waals surface area contributed by atoms with Crippen molar-refractivity contribution in [3.8, 4) is 0 Å². The van der Waals surface area contributed by atoms with Gasteiger partial charge in [0.05, 0.1) is 18.1 Å². The van der Waals surface area contributed by atoms with E-state index in [2.05, 4.69) is 56.0 Å². The highest BCUT2D eigenvalue weighted by Crippen LogP contribution is 2.56. The van der Waals surface area contributed by atoms with Crippen LogP contribution in [0.5, 0.6) is 0 Å². The average molecular weight is 371 g/mol. The Morgan fingerprint density at radius 2 is 2.17 bits per heavy atom. The van der Waals surface area contributed by atoms with Crippen LogP contribution >= 0.6 is 28.4 Å². The smallest absolute Gasteiger partial charge is 0.0732 e. The van der Waals surface area contributed by atoms with Crippen LogP contribution < -0.4 is 5.32 Å². The average Bonchev–Trinajstić information content (AvgIpc) is 2.78. The number of rotatable bonds is 2. The van der Waals surface area contributed by atoms with E-state index in [1.807, 2.05) is 6.20 Å². The summed E-state index contributed by atoms with van der Waals surface area (Å²) in [5.41, 5.74) is 4.31. The summed E-state index contributed by atoms with van der Waals surface area (Å²) in [6, 6.07) is 4.71. The molecule has 1 aromatic heterocycles. The van der Waals surface area contributed by atoms with Gasteiger partial charge in [0.15, 0.2) is 0 Å². The fourth-order valence-electron chi connectivity index (χ4n) is 3.51. The molecule has 2 aliphatic rings. The molecule has 0 spiro atoms. The summed E-state index contributed by atoms with van der Waals surface area (Å²) in [6.07, 6.45) is 2.67. The summed E-state index contributed by atoms with van der Waals surface area (Å²) >= 11 is 2.40. The minimum absolute atomic E-state index is 0.681. The lowest BCUT2D eigenvalue weighted by Gasteiger charge is -2.09. The van der Waals surface area contributed by atoms with Gasteiger partial charge in [-0.3, -0.25) is 0 Å². The number of nitrogens with zero attached hydrogens (tertiary/aromatic N) is 2. The third-order valence-electron chi connectivity index (χ3n) is 4.49. The quantitative estimate of drug-likeness (QED) is 0.650. The fourth-order valence-corrected chi connectivity index (χ4v) is 5.05. The topological polar surface area (TPSA) is 29.9 Å². The molecule has 1 saturated carbocycles. The zero-order valence-electron chi connectivity index (χ0n) is 10.2. The van der Waals surface area contributed by atoms with Gasteiger partial charge in [-0.05, 0) is 83.1 Å². The first-order valence-corrected chi connectivity index (χ1v) is 10.4. The lowest BCUT2D eigenvalue weighted by atomic mass is 10.00. The van der Waals surface area contributed by atoms with Crippen LogP contribution in [0, 0.1) is 18.8 Å². The van der Waals surface area contributed by atoms with Crippen LogP contribution in [-0.2, 0) is 0 Å². The predicted octanol–water partition coefficient (Wildman–Crippen LogP) is 3.07. The molecule has 5 heteroatoms. The Kier molecular flexibility index (Phi) is 2.68. The first-order chi connectivity index (χ1) is 8.79. The van der Waals surface area contributed by atoms with Crippen LogP contribution in [0.25, 0.3) is 10.9 Å². The van der Waals surface area contributed by atoms with Gasteiger partial charge in [0.1, 0.15) is 0 Å². The van der Waals surface area contributed by atoms with Crippen molar-refractivity contribution in [1.29, 1.82) is 0 Å². The largest absolute Gasteiger partial charge is 0.316 e. The normalized spacial score (nSPS) is 30.4. The van der Waals surface area contributed by atoms with Crippen molar-refractivity contribution in [2.75, 3.05) is 13.1 Å². The molecule has 1 saturated heterocycles. The highest BCUT2D eigenvalue weighted by atomic mass is 127. The van der Waals surface area contributed by atoms with E-state index in [0.29, 0.717) is 6.37 Å². The molecule has 18 heavy (non-hydrogen) atoms. The van der Waals surface area contributed by atoms with Crippen molar-refractivity contribution in [3.63, 3.8) is 0 Å². The molecule has 1 aliphatic carbocycles. The van der Waals surface area contributed by atoms with E-state index in [4.69, 9.17) is 0 Å². The van der Waals surface area contributed by atoms with Gasteiger partial charge in [-0.1, -0.05) is 0 Å². The summed E-state index contributed by atoms with van der Waals surface area (Å²) in [7, 11) is 0. The highest BCUT2D eigenvalue weighted by Gasteiger charge is 2.53. The van der Waals surface area contributed by atoms with Crippen molar-refractivity contribution in [1.82, 2.24) is 14.9 Å². The van der Waals surface area contributed by atoms with E-state index < -0.39 is 0 Å². The summed E-state index contributed by atoms with van der Waals surface area (Å²) < 4.78 is 2.12. The van der Waals surface area contributed by atoms with Gasteiger partial charge in [-0.15, -0.1) is 0 Å². The van der Waals surface area contributed by atoms with Crippen LogP contribution in [0.1, 0.15) is 17.0 Å². The van der Waals surface area contributed by atoms with E-state index in [1.165, 1.54) is 29.6 Å². The standard InChI is InChI=1S/C13H15IN3P/c1-7-2-8-4-16-17(18-14)12(8)3-9(7)13-10-5-15-6-11(10)13/h2-4,10-11,13,15,18H,5-6H2,1H3. The molecule has 94 valence electrons. The molecule has 1 aliphatic heterocycles. The second kappa shape index (κ2) is 4.15. The first-order valence-electron chi connectivity index (χ1n) is 6.35. The van der Waals surface area contributed by atoms with E-state index in [1.54, 1.807) is 5.56 Å². The Bertz CT molecular complexity index is 614. The molecule has 1 N–H and O–H groups in total.